The topological polar surface area (TPSA) is 71.4 Å². The Morgan fingerprint density at radius 2 is 1.90 bits per heavy atom. The summed E-state index contributed by atoms with van der Waals surface area (Å²) < 4.78 is 5.10. The first kappa shape index (κ1) is 16.2. The highest BCUT2D eigenvalue weighted by Crippen LogP contribution is 2.18. The van der Waals surface area contributed by atoms with Crippen LogP contribution in [0.2, 0.25) is 0 Å². The van der Waals surface area contributed by atoms with E-state index in [9.17, 15) is 0 Å². The minimum absolute atomic E-state index is 0. The summed E-state index contributed by atoms with van der Waals surface area (Å²) in [5, 5.41) is 4.70. The Hall–Kier alpha value is -1.15. The lowest BCUT2D eigenvalue weighted by Gasteiger charge is -2.33. The summed E-state index contributed by atoms with van der Waals surface area (Å²) in [5.41, 5.74) is 6.68. The molecule has 0 aliphatic carbocycles. The summed E-state index contributed by atoms with van der Waals surface area (Å²) in [4.78, 5) is 10.2. The summed E-state index contributed by atoms with van der Waals surface area (Å²) in [6.45, 7) is 7.99. The number of halogens is 1. The maximum absolute atomic E-state index is 5.66. The van der Waals surface area contributed by atoms with Crippen LogP contribution in [-0.2, 0) is 13.1 Å². The number of aryl methyl sites for hydroxylation is 1. The predicted octanol–water partition coefficient (Wildman–Crippen LogP) is 1.76. The van der Waals surface area contributed by atoms with Gasteiger partial charge in [0.2, 0.25) is 0 Å². The van der Waals surface area contributed by atoms with Gasteiger partial charge in [0.15, 0.2) is 5.13 Å². The molecule has 0 amide bonds. The summed E-state index contributed by atoms with van der Waals surface area (Å²) in [7, 11) is 0. The van der Waals surface area contributed by atoms with Gasteiger partial charge in [0.25, 0.3) is 0 Å². The molecule has 3 rings (SSSR count). The van der Waals surface area contributed by atoms with E-state index in [0.29, 0.717) is 5.13 Å². The Morgan fingerprint density at radius 3 is 2.43 bits per heavy atom. The minimum atomic E-state index is 0. The SMILES string of the molecule is Cc1cc(CN2CCN(Cc3cnc(N)s3)CC2)no1.Cl. The van der Waals surface area contributed by atoms with Gasteiger partial charge in [0, 0.05) is 56.4 Å². The fourth-order valence-electron chi connectivity index (χ4n) is 2.44. The van der Waals surface area contributed by atoms with E-state index < -0.39 is 0 Å². The van der Waals surface area contributed by atoms with Crippen molar-refractivity contribution in [1.82, 2.24) is 19.9 Å². The van der Waals surface area contributed by atoms with Crippen molar-refractivity contribution >= 4 is 28.9 Å². The molecule has 1 fully saturated rings. The molecular formula is C13H20ClN5OS. The fraction of sp³-hybridized carbons (Fsp3) is 0.538. The number of anilines is 1. The zero-order valence-corrected chi connectivity index (χ0v) is 13.6. The van der Waals surface area contributed by atoms with E-state index in [0.717, 1.165) is 50.7 Å². The minimum Gasteiger partial charge on any atom is -0.375 e. The van der Waals surface area contributed by atoms with Crippen molar-refractivity contribution < 1.29 is 4.52 Å². The molecule has 2 aromatic heterocycles. The normalized spacial score (nSPS) is 16.8. The molecule has 2 aromatic rings. The van der Waals surface area contributed by atoms with E-state index in [4.69, 9.17) is 10.3 Å². The zero-order valence-electron chi connectivity index (χ0n) is 12.0. The molecule has 3 heterocycles. The van der Waals surface area contributed by atoms with E-state index in [1.807, 2.05) is 19.2 Å². The van der Waals surface area contributed by atoms with Crippen LogP contribution in [0.25, 0.3) is 0 Å². The molecule has 116 valence electrons. The summed E-state index contributed by atoms with van der Waals surface area (Å²) in [6, 6.07) is 2.01. The van der Waals surface area contributed by atoms with Crippen molar-refractivity contribution in [2.75, 3.05) is 31.9 Å². The average molecular weight is 330 g/mol. The van der Waals surface area contributed by atoms with Gasteiger partial charge in [0.05, 0.1) is 5.69 Å². The molecule has 2 N–H and O–H groups in total. The van der Waals surface area contributed by atoms with E-state index in [2.05, 4.69) is 19.9 Å². The molecule has 0 atom stereocenters. The number of thiazole rings is 1. The number of rotatable bonds is 4. The van der Waals surface area contributed by atoms with Crippen molar-refractivity contribution in [3.05, 3.63) is 28.6 Å². The summed E-state index contributed by atoms with van der Waals surface area (Å²) in [6.07, 6.45) is 1.88. The number of hydrogen-bond acceptors (Lipinski definition) is 7. The first-order chi connectivity index (χ1) is 9.69. The maximum Gasteiger partial charge on any atom is 0.180 e. The highest BCUT2D eigenvalue weighted by Gasteiger charge is 2.18. The number of piperazine rings is 1. The first-order valence-electron chi connectivity index (χ1n) is 6.76. The van der Waals surface area contributed by atoms with Gasteiger partial charge in [-0.05, 0) is 6.92 Å². The van der Waals surface area contributed by atoms with Gasteiger partial charge in [-0.3, -0.25) is 9.80 Å². The van der Waals surface area contributed by atoms with Crippen LogP contribution >= 0.6 is 23.7 Å². The molecule has 1 saturated heterocycles. The number of hydrogen-bond donors (Lipinski definition) is 1. The van der Waals surface area contributed by atoms with Crippen molar-refractivity contribution in [3.8, 4) is 0 Å². The van der Waals surface area contributed by atoms with Gasteiger partial charge in [-0.15, -0.1) is 23.7 Å². The van der Waals surface area contributed by atoms with Crippen LogP contribution in [0.1, 0.15) is 16.3 Å². The van der Waals surface area contributed by atoms with E-state index in [1.165, 1.54) is 4.88 Å². The molecule has 0 radical (unpaired) electrons. The predicted molar refractivity (Wildman–Crippen MR) is 85.6 cm³/mol. The second kappa shape index (κ2) is 7.22. The van der Waals surface area contributed by atoms with Gasteiger partial charge in [0.1, 0.15) is 5.76 Å². The van der Waals surface area contributed by atoms with Crippen LogP contribution in [0.15, 0.2) is 16.8 Å². The van der Waals surface area contributed by atoms with Crippen LogP contribution in [0, 0.1) is 6.92 Å². The lowest BCUT2D eigenvalue weighted by Crippen LogP contribution is -2.45. The second-order valence-electron chi connectivity index (χ2n) is 5.15. The molecule has 21 heavy (non-hydrogen) atoms. The lowest BCUT2D eigenvalue weighted by atomic mass is 10.2. The highest BCUT2D eigenvalue weighted by atomic mass is 35.5. The first-order valence-corrected chi connectivity index (χ1v) is 7.58. The van der Waals surface area contributed by atoms with Gasteiger partial charge < -0.3 is 10.3 Å². The van der Waals surface area contributed by atoms with Crippen LogP contribution in [0.4, 0.5) is 5.13 Å². The molecule has 0 bridgehead atoms. The van der Waals surface area contributed by atoms with E-state index in [1.54, 1.807) is 11.3 Å². The lowest BCUT2D eigenvalue weighted by molar-refractivity contribution is 0.120. The third kappa shape index (κ3) is 4.41. The molecule has 0 spiro atoms. The van der Waals surface area contributed by atoms with Crippen LogP contribution in [0.3, 0.4) is 0 Å². The summed E-state index contributed by atoms with van der Waals surface area (Å²) >= 11 is 1.58. The number of nitrogens with two attached hydrogens (primary N) is 1. The fourth-order valence-corrected chi connectivity index (χ4v) is 3.17. The smallest absolute Gasteiger partial charge is 0.180 e. The second-order valence-corrected chi connectivity index (χ2v) is 6.29. The van der Waals surface area contributed by atoms with Crippen molar-refractivity contribution in [3.63, 3.8) is 0 Å². The maximum atomic E-state index is 5.66. The molecule has 8 heteroatoms. The van der Waals surface area contributed by atoms with Crippen molar-refractivity contribution in [2.45, 2.75) is 20.0 Å². The van der Waals surface area contributed by atoms with Gasteiger partial charge >= 0.3 is 0 Å². The molecule has 1 aliphatic heterocycles. The zero-order chi connectivity index (χ0) is 13.9. The van der Waals surface area contributed by atoms with Crippen molar-refractivity contribution in [1.29, 1.82) is 0 Å². The van der Waals surface area contributed by atoms with E-state index >= 15 is 0 Å². The molecule has 0 saturated carbocycles. The molecule has 0 aromatic carbocycles. The molecule has 6 nitrogen and oxygen atoms in total. The molecule has 0 unspecified atom stereocenters. The monoisotopic (exact) mass is 329 g/mol. The van der Waals surface area contributed by atoms with E-state index in [-0.39, 0.29) is 12.4 Å². The quantitative estimate of drug-likeness (QED) is 0.921. The highest BCUT2D eigenvalue weighted by molar-refractivity contribution is 7.15. The summed E-state index contributed by atoms with van der Waals surface area (Å²) in [5.74, 6) is 0.876. The van der Waals surface area contributed by atoms with Gasteiger partial charge in [-0.25, -0.2) is 4.98 Å². The Kier molecular flexibility index (Phi) is 5.58. The number of nitrogen functional groups attached to an aromatic ring is 1. The molecule has 1 aliphatic rings. The number of nitrogens with zero attached hydrogens (tertiary/aromatic N) is 4. The van der Waals surface area contributed by atoms with Crippen molar-refractivity contribution in [2.24, 2.45) is 0 Å². The van der Waals surface area contributed by atoms with Crippen LogP contribution < -0.4 is 5.73 Å². The van der Waals surface area contributed by atoms with Gasteiger partial charge in [-0.2, -0.15) is 0 Å². The Labute approximate surface area is 134 Å². The Balaban J connectivity index is 0.00000161. The largest absolute Gasteiger partial charge is 0.375 e. The molecular weight excluding hydrogens is 310 g/mol. The third-order valence-electron chi connectivity index (χ3n) is 3.48. The standard InChI is InChI=1S/C13H19N5OS.ClH/c1-10-6-11(16-19-10)8-17-2-4-18(5-3-17)9-12-7-15-13(14)20-12;/h6-7H,2-5,8-9H2,1H3,(H2,14,15);1H. The third-order valence-corrected chi connectivity index (χ3v) is 4.29. The van der Waals surface area contributed by atoms with Crippen LogP contribution in [0.5, 0.6) is 0 Å². The van der Waals surface area contributed by atoms with Gasteiger partial charge in [-0.1, -0.05) is 5.16 Å². The average Bonchev–Trinajstić information content (AvgIpc) is 3.01. The van der Waals surface area contributed by atoms with Crippen LogP contribution in [-0.4, -0.2) is 46.1 Å². The Morgan fingerprint density at radius 1 is 1.24 bits per heavy atom. The Bertz CT molecular complexity index is 514. The number of aromatic nitrogens is 2.